The predicted molar refractivity (Wildman–Crippen MR) is 111 cm³/mol. The molecule has 0 aliphatic carbocycles. The second kappa shape index (κ2) is 8.47. The molecule has 1 amide bonds. The first-order chi connectivity index (χ1) is 14.8. The van der Waals surface area contributed by atoms with Gasteiger partial charge in [0, 0.05) is 22.6 Å². The highest BCUT2D eigenvalue weighted by Gasteiger charge is 2.34. The molecule has 158 valence electrons. The van der Waals surface area contributed by atoms with Crippen molar-refractivity contribution >= 4 is 29.3 Å². The molecule has 0 aromatic heterocycles. The normalized spacial score (nSPS) is 15.6. The number of para-hydroxylation sites is 1. The number of carboxylic acids is 1. The van der Waals surface area contributed by atoms with Gasteiger partial charge in [0.1, 0.15) is 17.5 Å². The van der Waals surface area contributed by atoms with E-state index >= 15 is 0 Å². The van der Waals surface area contributed by atoms with Crippen molar-refractivity contribution in [3.05, 3.63) is 94.8 Å². The maximum absolute atomic E-state index is 14.2. The van der Waals surface area contributed by atoms with Crippen molar-refractivity contribution in [1.29, 1.82) is 0 Å². The van der Waals surface area contributed by atoms with Crippen molar-refractivity contribution in [1.82, 2.24) is 0 Å². The van der Waals surface area contributed by atoms with Gasteiger partial charge in [-0.05, 0) is 36.2 Å². The Balaban J connectivity index is 1.65. The SMILES string of the molecule is O=C(O)c1ccc(CC2Sc3ccccc3N(Cc3c(F)cc(F)cc3F)C2=O)cc1. The highest BCUT2D eigenvalue weighted by atomic mass is 32.2. The average molecular weight is 443 g/mol. The number of fused-ring (bicyclic) bond motifs is 1. The minimum absolute atomic E-state index is 0.139. The van der Waals surface area contributed by atoms with E-state index in [0.717, 1.165) is 10.5 Å². The molecular formula is C23H16F3NO3S. The number of halogens is 3. The Labute approximate surface area is 180 Å². The van der Waals surface area contributed by atoms with Crippen molar-refractivity contribution in [3.8, 4) is 0 Å². The lowest BCUT2D eigenvalue weighted by Gasteiger charge is -2.34. The molecule has 1 heterocycles. The summed E-state index contributed by atoms with van der Waals surface area (Å²) in [6, 6.07) is 14.4. The summed E-state index contributed by atoms with van der Waals surface area (Å²) in [5.41, 5.74) is 1.04. The lowest BCUT2D eigenvalue weighted by Crippen LogP contribution is -2.41. The molecule has 3 aromatic carbocycles. The van der Waals surface area contributed by atoms with Crippen LogP contribution in [0, 0.1) is 17.5 Å². The second-order valence-corrected chi connectivity index (χ2v) is 8.30. The van der Waals surface area contributed by atoms with Crippen LogP contribution >= 0.6 is 11.8 Å². The Morgan fingerprint density at radius 2 is 1.65 bits per heavy atom. The number of thioether (sulfide) groups is 1. The van der Waals surface area contributed by atoms with Crippen molar-refractivity contribution < 1.29 is 27.9 Å². The van der Waals surface area contributed by atoms with Gasteiger partial charge in [0.15, 0.2) is 0 Å². The summed E-state index contributed by atoms with van der Waals surface area (Å²) in [6.45, 7) is -0.372. The smallest absolute Gasteiger partial charge is 0.335 e. The third kappa shape index (κ3) is 4.29. The molecular weight excluding hydrogens is 427 g/mol. The minimum Gasteiger partial charge on any atom is -0.478 e. The number of carboxylic acid groups (broad SMARTS) is 1. The molecule has 0 fully saturated rings. The van der Waals surface area contributed by atoms with Crippen LogP contribution in [-0.4, -0.2) is 22.2 Å². The molecule has 0 radical (unpaired) electrons. The van der Waals surface area contributed by atoms with E-state index < -0.39 is 28.7 Å². The fourth-order valence-electron chi connectivity index (χ4n) is 3.45. The molecule has 0 spiro atoms. The summed E-state index contributed by atoms with van der Waals surface area (Å²) in [5, 5.41) is 8.46. The average Bonchev–Trinajstić information content (AvgIpc) is 2.73. The number of rotatable bonds is 5. The van der Waals surface area contributed by atoms with Crippen molar-refractivity contribution in [3.63, 3.8) is 0 Å². The molecule has 0 saturated carbocycles. The van der Waals surface area contributed by atoms with E-state index in [9.17, 15) is 22.8 Å². The van der Waals surface area contributed by atoms with E-state index in [1.54, 1.807) is 30.3 Å². The first-order valence-corrected chi connectivity index (χ1v) is 10.2. The number of hydrogen-bond donors (Lipinski definition) is 1. The lowest BCUT2D eigenvalue weighted by atomic mass is 10.1. The van der Waals surface area contributed by atoms with Gasteiger partial charge in [-0.3, -0.25) is 4.79 Å². The van der Waals surface area contributed by atoms with Gasteiger partial charge in [-0.25, -0.2) is 18.0 Å². The summed E-state index contributed by atoms with van der Waals surface area (Å²) in [7, 11) is 0. The number of aromatic carboxylic acids is 1. The van der Waals surface area contributed by atoms with Gasteiger partial charge in [0.05, 0.1) is 23.0 Å². The summed E-state index contributed by atoms with van der Waals surface area (Å²) in [5.74, 6) is -4.52. The van der Waals surface area contributed by atoms with Crippen LogP contribution in [-0.2, 0) is 17.8 Å². The van der Waals surface area contributed by atoms with Gasteiger partial charge in [0.25, 0.3) is 0 Å². The summed E-state index contributed by atoms with van der Waals surface area (Å²) < 4.78 is 41.8. The van der Waals surface area contributed by atoms with Crippen molar-refractivity contribution in [2.45, 2.75) is 23.1 Å². The molecule has 3 aromatic rings. The van der Waals surface area contributed by atoms with Crippen LogP contribution in [0.25, 0.3) is 0 Å². The zero-order chi connectivity index (χ0) is 22.1. The predicted octanol–water partition coefficient (Wildman–Crippen LogP) is 5.05. The highest BCUT2D eigenvalue weighted by Crippen LogP contribution is 2.41. The molecule has 1 unspecified atom stereocenters. The van der Waals surface area contributed by atoms with Crippen LogP contribution in [0.5, 0.6) is 0 Å². The molecule has 4 rings (SSSR count). The van der Waals surface area contributed by atoms with Crippen LogP contribution in [0.1, 0.15) is 21.5 Å². The van der Waals surface area contributed by atoms with Gasteiger partial charge in [-0.1, -0.05) is 24.3 Å². The fourth-order valence-corrected chi connectivity index (χ4v) is 4.71. The summed E-state index contributed by atoms with van der Waals surface area (Å²) in [6.07, 6.45) is 0.308. The molecule has 8 heteroatoms. The van der Waals surface area contributed by atoms with Crippen LogP contribution in [0.3, 0.4) is 0 Å². The van der Waals surface area contributed by atoms with Gasteiger partial charge in [-0.15, -0.1) is 11.8 Å². The third-order valence-corrected chi connectivity index (χ3v) is 6.26. The molecule has 31 heavy (non-hydrogen) atoms. The Morgan fingerprint density at radius 1 is 1.00 bits per heavy atom. The van der Waals surface area contributed by atoms with Gasteiger partial charge < -0.3 is 10.0 Å². The molecule has 0 bridgehead atoms. The van der Waals surface area contributed by atoms with E-state index in [1.165, 1.54) is 28.8 Å². The number of benzene rings is 3. The van der Waals surface area contributed by atoms with Crippen molar-refractivity contribution in [2.24, 2.45) is 0 Å². The zero-order valence-electron chi connectivity index (χ0n) is 16.0. The number of carbonyl (C=O) groups excluding carboxylic acids is 1. The maximum atomic E-state index is 14.2. The topological polar surface area (TPSA) is 57.6 Å². The summed E-state index contributed by atoms with van der Waals surface area (Å²) in [4.78, 5) is 26.4. The number of hydrogen-bond acceptors (Lipinski definition) is 3. The van der Waals surface area contributed by atoms with E-state index in [-0.39, 0.29) is 23.6 Å². The van der Waals surface area contributed by atoms with Gasteiger partial charge >= 0.3 is 5.97 Å². The Morgan fingerprint density at radius 3 is 2.29 bits per heavy atom. The minimum atomic E-state index is -1.05. The number of nitrogens with zero attached hydrogens (tertiary/aromatic N) is 1. The number of amides is 1. The number of carbonyl (C=O) groups is 2. The first-order valence-electron chi connectivity index (χ1n) is 9.36. The standard InChI is InChI=1S/C23H16F3NO3S/c24-15-10-17(25)16(18(26)11-15)12-27-19-3-1-2-4-20(19)31-21(22(27)28)9-13-5-7-14(8-6-13)23(29)30/h1-8,10-11,21H,9,12H2,(H,29,30). The third-order valence-electron chi connectivity index (χ3n) is 5.01. The van der Waals surface area contributed by atoms with Crippen LogP contribution in [0.15, 0.2) is 65.6 Å². The highest BCUT2D eigenvalue weighted by molar-refractivity contribution is 8.01. The molecule has 1 aliphatic rings. The Hall–Kier alpha value is -3.26. The maximum Gasteiger partial charge on any atom is 0.335 e. The fraction of sp³-hybridized carbons (Fsp3) is 0.130. The molecule has 1 aliphatic heterocycles. The van der Waals surface area contributed by atoms with Gasteiger partial charge in [0.2, 0.25) is 5.91 Å². The van der Waals surface area contributed by atoms with Gasteiger partial charge in [-0.2, -0.15) is 0 Å². The Kier molecular flexibility index (Phi) is 5.73. The monoisotopic (exact) mass is 443 g/mol. The zero-order valence-corrected chi connectivity index (χ0v) is 16.8. The van der Waals surface area contributed by atoms with Crippen LogP contribution in [0.4, 0.5) is 18.9 Å². The quantitative estimate of drug-likeness (QED) is 0.600. The lowest BCUT2D eigenvalue weighted by molar-refractivity contribution is -0.118. The molecule has 0 saturated heterocycles. The number of anilines is 1. The van der Waals surface area contributed by atoms with Crippen molar-refractivity contribution in [2.75, 3.05) is 4.90 Å². The molecule has 1 N–H and O–H groups in total. The van der Waals surface area contributed by atoms with Crippen LogP contribution in [0.2, 0.25) is 0 Å². The van der Waals surface area contributed by atoms with E-state index in [0.29, 0.717) is 24.2 Å². The van der Waals surface area contributed by atoms with E-state index in [4.69, 9.17) is 5.11 Å². The summed E-state index contributed by atoms with van der Waals surface area (Å²) >= 11 is 1.34. The van der Waals surface area contributed by atoms with E-state index in [2.05, 4.69) is 0 Å². The first kappa shape index (κ1) is 21.0. The molecule has 4 nitrogen and oxygen atoms in total. The molecule has 1 atom stereocenters. The Bertz CT molecular complexity index is 1140. The van der Waals surface area contributed by atoms with E-state index in [1.807, 2.05) is 6.07 Å². The largest absolute Gasteiger partial charge is 0.478 e. The van der Waals surface area contributed by atoms with Crippen LogP contribution < -0.4 is 4.90 Å². The second-order valence-electron chi connectivity index (χ2n) is 7.05.